The van der Waals surface area contributed by atoms with E-state index in [9.17, 15) is 4.79 Å². The minimum Gasteiger partial charge on any atom is -0.465 e. The number of hydrogen-bond acceptors (Lipinski definition) is 1. The van der Waals surface area contributed by atoms with Crippen LogP contribution < -0.4 is 0 Å². The monoisotopic (exact) mass is 267 g/mol. The van der Waals surface area contributed by atoms with Crippen LogP contribution >= 0.6 is 0 Å². The Morgan fingerprint density at radius 3 is 2.50 bits per heavy atom. The quantitative estimate of drug-likeness (QED) is 0.898. The van der Waals surface area contributed by atoms with Crippen molar-refractivity contribution >= 4 is 6.09 Å². The maximum atomic E-state index is 11.0. The van der Waals surface area contributed by atoms with Gasteiger partial charge in [-0.25, -0.2) is 4.79 Å². The zero-order chi connectivity index (χ0) is 13.9. The van der Waals surface area contributed by atoms with Crippen LogP contribution in [0.5, 0.6) is 0 Å². The summed E-state index contributed by atoms with van der Waals surface area (Å²) >= 11 is 0. The molecule has 3 heteroatoms. The van der Waals surface area contributed by atoms with Gasteiger partial charge in [-0.1, -0.05) is 54.6 Å². The number of benzene rings is 2. The van der Waals surface area contributed by atoms with E-state index in [0.717, 1.165) is 6.42 Å². The fraction of sp³-hybridized carbons (Fsp3) is 0.235. The lowest BCUT2D eigenvalue weighted by Crippen LogP contribution is -2.26. The molecule has 0 aromatic heterocycles. The fourth-order valence-electron chi connectivity index (χ4n) is 2.81. The second kappa shape index (κ2) is 5.37. The summed E-state index contributed by atoms with van der Waals surface area (Å²) in [5, 5.41) is 9.04. The number of amides is 1. The molecule has 1 amide bonds. The van der Waals surface area contributed by atoms with Crippen molar-refractivity contribution in [3.8, 4) is 11.1 Å². The molecule has 1 saturated heterocycles. The second-order valence-corrected chi connectivity index (χ2v) is 5.21. The van der Waals surface area contributed by atoms with Gasteiger partial charge in [-0.15, -0.1) is 0 Å². The predicted molar refractivity (Wildman–Crippen MR) is 78.8 cm³/mol. The van der Waals surface area contributed by atoms with Crippen LogP contribution in [0.25, 0.3) is 11.1 Å². The van der Waals surface area contributed by atoms with E-state index < -0.39 is 6.09 Å². The number of hydrogen-bond donors (Lipinski definition) is 1. The third-order valence-corrected chi connectivity index (χ3v) is 3.92. The van der Waals surface area contributed by atoms with Gasteiger partial charge in [0.1, 0.15) is 0 Å². The molecule has 0 unspecified atom stereocenters. The highest BCUT2D eigenvalue weighted by Gasteiger charge is 2.26. The van der Waals surface area contributed by atoms with Crippen LogP contribution in [0.2, 0.25) is 0 Å². The van der Waals surface area contributed by atoms with Crippen molar-refractivity contribution in [3.63, 3.8) is 0 Å². The van der Waals surface area contributed by atoms with Gasteiger partial charge in [0.25, 0.3) is 0 Å². The number of nitrogens with zero attached hydrogens (tertiary/aromatic N) is 1. The van der Waals surface area contributed by atoms with Crippen LogP contribution in [0.1, 0.15) is 17.9 Å². The first-order chi connectivity index (χ1) is 9.74. The smallest absolute Gasteiger partial charge is 0.407 e. The van der Waals surface area contributed by atoms with E-state index in [0.29, 0.717) is 19.0 Å². The Morgan fingerprint density at radius 2 is 1.80 bits per heavy atom. The lowest BCUT2D eigenvalue weighted by molar-refractivity contribution is 0.155. The first-order valence-electron chi connectivity index (χ1n) is 6.87. The topological polar surface area (TPSA) is 40.5 Å². The van der Waals surface area contributed by atoms with E-state index in [4.69, 9.17) is 5.11 Å². The molecule has 1 fully saturated rings. The van der Waals surface area contributed by atoms with Crippen molar-refractivity contribution in [1.29, 1.82) is 0 Å². The summed E-state index contributed by atoms with van der Waals surface area (Å²) in [7, 11) is 0. The van der Waals surface area contributed by atoms with Gasteiger partial charge in [-0.05, 0) is 23.1 Å². The normalized spacial score (nSPS) is 18.2. The van der Waals surface area contributed by atoms with Crippen molar-refractivity contribution in [2.75, 3.05) is 13.1 Å². The van der Waals surface area contributed by atoms with Crippen LogP contribution in [0.4, 0.5) is 4.79 Å². The highest BCUT2D eigenvalue weighted by Crippen LogP contribution is 2.30. The fourth-order valence-corrected chi connectivity index (χ4v) is 2.81. The average molecular weight is 267 g/mol. The molecule has 0 radical (unpaired) electrons. The molecule has 1 atom stereocenters. The maximum absolute atomic E-state index is 11.0. The molecule has 0 spiro atoms. The molecule has 0 aliphatic carbocycles. The largest absolute Gasteiger partial charge is 0.465 e. The number of rotatable bonds is 2. The standard InChI is InChI=1S/C17H17NO2/c19-17(20)18-10-9-16(12-18)15-8-4-7-14(11-15)13-5-2-1-3-6-13/h1-8,11,16H,9-10,12H2,(H,19,20)/t16-/m0/s1. The molecule has 1 aliphatic heterocycles. The third kappa shape index (κ3) is 2.52. The highest BCUT2D eigenvalue weighted by molar-refractivity contribution is 5.66. The molecule has 0 bridgehead atoms. The molecule has 2 aromatic carbocycles. The van der Waals surface area contributed by atoms with E-state index in [1.165, 1.54) is 21.6 Å². The van der Waals surface area contributed by atoms with Gasteiger partial charge in [0.2, 0.25) is 0 Å². The molecular weight excluding hydrogens is 250 g/mol. The van der Waals surface area contributed by atoms with E-state index in [1.807, 2.05) is 18.2 Å². The Bertz CT molecular complexity index is 609. The van der Waals surface area contributed by atoms with Crippen molar-refractivity contribution in [2.45, 2.75) is 12.3 Å². The lowest BCUT2D eigenvalue weighted by Gasteiger charge is -2.13. The average Bonchev–Trinajstić information content (AvgIpc) is 2.98. The van der Waals surface area contributed by atoms with Gasteiger partial charge in [0.15, 0.2) is 0 Å². The highest BCUT2D eigenvalue weighted by atomic mass is 16.4. The van der Waals surface area contributed by atoms with Gasteiger partial charge in [0.05, 0.1) is 0 Å². The summed E-state index contributed by atoms with van der Waals surface area (Å²) in [5.74, 6) is 0.315. The predicted octanol–water partition coefficient (Wildman–Crippen LogP) is 3.82. The van der Waals surface area contributed by atoms with Crippen LogP contribution in [0, 0.1) is 0 Å². The first-order valence-corrected chi connectivity index (χ1v) is 6.87. The number of carbonyl (C=O) groups is 1. The Kier molecular flexibility index (Phi) is 3.42. The third-order valence-electron chi connectivity index (χ3n) is 3.92. The Balaban J connectivity index is 1.84. The lowest BCUT2D eigenvalue weighted by atomic mass is 9.94. The second-order valence-electron chi connectivity index (χ2n) is 5.21. The van der Waals surface area contributed by atoms with Crippen molar-refractivity contribution in [3.05, 3.63) is 60.2 Å². The van der Waals surface area contributed by atoms with Gasteiger partial charge in [0, 0.05) is 19.0 Å². The molecule has 1 heterocycles. The van der Waals surface area contributed by atoms with E-state index in [1.54, 1.807) is 0 Å². The molecular formula is C17H17NO2. The zero-order valence-corrected chi connectivity index (χ0v) is 11.2. The van der Waals surface area contributed by atoms with Gasteiger partial charge < -0.3 is 10.0 Å². The van der Waals surface area contributed by atoms with E-state index in [-0.39, 0.29) is 0 Å². The number of likely N-dealkylation sites (tertiary alicyclic amines) is 1. The SMILES string of the molecule is O=C(O)N1CC[C@H](c2cccc(-c3ccccc3)c2)C1. The minimum absolute atomic E-state index is 0.315. The Hall–Kier alpha value is -2.29. The summed E-state index contributed by atoms with van der Waals surface area (Å²) < 4.78 is 0. The molecule has 1 N–H and O–H groups in total. The molecule has 3 nitrogen and oxygen atoms in total. The van der Waals surface area contributed by atoms with Crippen LogP contribution in [-0.4, -0.2) is 29.2 Å². The van der Waals surface area contributed by atoms with Crippen LogP contribution in [0.15, 0.2) is 54.6 Å². The zero-order valence-electron chi connectivity index (χ0n) is 11.2. The molecule has 2 aromatic rings. The summed E-state index contributed by atoms with van der Waals surface area (Å²) in [5.41, 5.74) is 3.62. The molecule has 20 heavy (non-hydrogen) atoms. The first kappa shape index (κ1) is 12.7. The van der Waals surface area contributed by atoms with E-state index in [2.05, 4.69) is 36.4 Å². The summed E-state index contributed by atoms with van der Waals surface area (Å²) in [6.45, 7) is 1.24. The maximum Gasteiger partial charge on any atom is 0.407 e. The number of carboxylic acid groups (broad SMARTS) is 1. The van der Waals surface area contributed by atoms with Crippen molar-refractivity contribution < 1.29 is 9.90 Å². The molecule has 0 saturated carbocycles. The van der Waals surface area contributed by atoms with Crippen molar-refractivity contribution in [1.82, 2.24) is 4.90 Å². The summed E-state index contributed by atoms with van der Waals surface area (Å²) in [6, 6.07) is 18.7. The molecule has 3 rings (SSSR count). The Labute approximate surface area is 118 Å². The summed E-state index contributed by atoms with van der Waals surface area (Å²) in [4.78, 5) is 12.5. The van der Waals surface area contributed by atoms with E-state index >= 15 is 0 Å². The molecule has 1 aliphatic rings. The van der Waals surface area contributed by atoms with Gasteiger partial charge in [-0.3, -0.25) is 0 Å². The van der Waals surface area contributed by atoms with Crippen LogP contribution in [-0.2, 0) is 0 Å². The van der Waals surface area contributed by atoms with Crippen LogP contribution in [0.3, 0.4) is 0 Å². The van der Waals surface area contributed by atoms with Gasteiger partial charge >= 0.3 is 6.09 Å². The Morgan fingerprint density at radius 1 is 1.05 bits per heavy atom. The van der Waals surface area contributed by atoms with Crippen molar-refractivity contribution in [2.24, 2.45) is 0 Å². The molecule has 102 valence electrons. The van der Waals surface area contributed by atoms with Gasteiger partial charge in [-0.2, -0.15) is 0 Å². The summed E-state index contributed by atoms with van der Waals surface area (Å²) in [6.07, 6.45) is 0.0941. The minimum atomic E-state index is -0.813.